The number of aryl methyl sites for hydroxylation is 2. The molecule has 106 valence electrons. The number of rotatable bonds is 4. The van der Waals surface area contributed by atoms with Gasteiger partial charge in [0.15, 0.2) is 5.16 Å². The number of thioether (sulfide) groups is 1. The lowest BCUT2D eigenvalue weighted by Gasteiger charge is -2.11. The molecule has 2 aromatic heterocycles. The number of carboxylic acids is 1. The summed E-state index contributed by atoms with van der Waals surface area (Å²) in [5, 5.41) is 14.1. The van der Waals surface area contributed by atoms with Crippen LogP contribution in [-0.2, 0) is 17.6 Å². The van der Waals surface area contributed by atoms with Crippen LogP contribution in [0.2, 0.25) is 0 Å². The van der Waals surface area contributed by atoms with Gasteiger partial charge in [-0.1, -0.05) is 11.8 Å². The zero-order chi connectivity index (χ0) is 14.1. The average Bonchev–Trinajstić information content (AvgIpc) is 2.82. The summed E-state index contributed by atoms with van der Waals surface area (Å²) in [6.45, 7) is -0.107. The Hall–Kier alpha value is -1.18. The number of carbonyl (C=O) groups is 1. The van der Waals surface area contributed by atoms with Crippen LogP contribution in [0.5, 0.6) is 0 Å². The Morgan fingerprint density at radius 2 is 2.20 bits per heavy atom. The molecular weight excluding hydrogens is 294 g/mol. The van der Waals surface area contributed by atoms with Crippen LogP contribution in [0.1, 0.15) is 23.3 Å². The predicted molar refractivity (Wildman–Crippen MR) is 77.3 cm³/mol. The fraction of sp³-hybridized carbons (Fsp3) is 0.462. The molecule has 5 nitrogen and oxygen atoms in total. The van der Waals surface area contributed by atoms with E-state index in [2.05, 4.69) is 9.97 Å². The van der Waals surface area contributed by atoms with Crippen molar-refractivity contribution in [2.45, 2.75) is 30.8 Å². The molecule has 2 heterocycles. The normalized spacial score (nSPS) is 14.4. The van der Waals surface area contributed by atoms with E-state index in [0.717, 1.165) is 28.9 Å². The van der Waals surface area contributed by atoms with Crippen LogP contribution in [0, 0.1) is 0 Å². The smallest absolute Gasteiger partial charge is 0.237 e. The summed E-state index contributed by atoms with van der Waals surface area (Å²) in [7, 11) is 0. The van der Waals surface area contributed by atoms with Crippen LogP contribution in [0.25, 0.3) is 10.2 Å². The van der Waals surface area contributed by atoms with Gasteiger partial charge in [0.05, 0.1) is 11.4 Å². The van der Waals surface area contributed by atoms with Gasteiger partial charge < -0.3 is 9.90 Å². The summed E-state index contributed by atoms with van der Waals surface area (Å²) < 4.78 is 0. The molecule has 0 saturated heterocycles. The maximum absolute atomic E-state index is 10.7. The van der Waals surface area contributed by atoms with E-state index in [0.29, 0.717) is 5.16 Å². The van der Waals surface area contributed by atoms with Crippen LogP contribution >= 0.6 is 23.1 Å². The highest BCUT2D eigenvalue weighted by molar-refractivity contribution is 7.98. The summed E-state index contributed by atoms with van der Waals surface area (Å²) >= 11 is 3.21. The molecule has 0 atom stereocenters. The van der Waals surface area contributed by atoms with Crippen molar-refractivity contribution in [2.75, 3.05) is 12.8 Å². The van der Waals surface area contributed by atoms with Gasteiger partial charge in [0.25, 0.3) is 0 Å². The quantitative estimate of drug-likeness (QED) is 0.646. The Balaban J connectivity index is 2.13. The van der Waals surface area contributed by atoms with Crippen molar-refractivity contribution in [3.63, 3.8) is 0 Å². The first-order valence-electron chi connectivity index (χ1n) is 6.58. The SMILES string of the molecule is CSc1nc([NH2+]CC(=O)[O-])c2c3c(sc2n1)CCCC3. The van der Waals surface area contributed by atoms with Gasteiger partial charge >= 0.3 is 0 Å². The van der Waals surface area contributed by atoms with Crippen LogP contribution in [0.3, 0.4) is 0 Å². The Kier molecular flexibility index (Phi) is 3.91. The molecule has 2 N–H and O–H groups in total. The molecule has 0 fully saturated rings. The standard InChI is InChI=1S/C13H15N3O2S2/c1-19-13-15-11(14-6-9(17)18)10-7-4-2-3-5-8(7)20-12(10)16-13/h2-6H2,1H3,(H,17,18)(H,14,15,16). The van der Waals surface area contributed by atoms with Gasteiger partial charge in [0.2, 0.25) is 5.82 Å². The Morgan fingerprint density at radius 1 is 1.40 bits per heavy atom. The summed E-state index contributed by atoms with van der Waals surface area (Å²) in [6, 6.07) is 0. The first kappa shape index (κ1) is 13.8. The van der Waals surface area contributed by atoms with E-state index < -0.39 is 5.97 Å². The highest BCUT2D eigenvalue weighted by Gasteiger charge is 2.22. The number of quaternary nitrogens is 1. The van der Waals surface area contributed by atoms with Crippen LogP contribution in [-0.4, -0.2) is 28.7 Å². The Morgan fingerprint density at radius 3 is 2.95 bits per heavy atom. The van der Waals surface area contributed by atoms with Crippen LogP contribution in [0.4, 0.5) is 5.82 Å². The van der Waals surface area contributed by atoms with Gasteiger partial charge in [-0.15, -0.1) is 11.3 Å². The van der Waals surface area contributed by atoms with Gasteiger partial charge in [-0.25, -0.2) is 4.98 Å². The summed E-state index contributed by atoms with van der Waals surface area (Å²) in [6.07, 6.45) is 6.48. The Labute approximate surface area is 124 Å². The molecule has 0 aliphatic heterocycles. The molecule has 20 heavy (non-hydrogen) atoms. The number of nitrogens with two attached hydrogens (primary N) is 1. The third-order valence-electron chi connectivity index (χ3n) is 3.47. The second-order valence-corrected chi connectivity index (χ2v) is 6.62. The molecule has 0 amide bonds. The van der Waals surface area contributed by atoms with Crippen molar-refractivity contribution < 1.29 is 15.2 Å². The minimum absolute atomic E-state index is 0.107. The number of hydrogen-bond donors (Lipinski definition) is 1. The second-order valence-electron chi connectivity index (χ2n) is 4.77. The summed E-state index contributed by atoms with van der Waals surface area (Å²) in [5.41, 5.74) is 1.33. The van der Waals surface area contributed by atoms with E-state index in [1.54, 1.807) is 16.7 Å². The van der Waals surface area contributed by atoms with E-state index in [-0.39, 0.29) is 6.54 Å². The minimum atomic E-state index is -1.08. The minimum Gasteiger partial charge on any atom is -0.544 e. The third kappa shape index (κ3) is 2.53. The predicted octanol–water partition coefficient (Wildman–Crippen LogP) is 0.237. The fourth-order valence-electron chi connectivity index (χ4n) is 2.58. The first-order chi connectivity index (χ1) is 9.69. The van der Waals surface area contributed by atoms with Gasteiger partial charge in [-0.05, 0) is 37.5 Å². The molecule has 1 aliphatic carbocycles. The third-order valence-corrected chi connectivity index (χ3v) is 5.20. The maximum Gasteiger partial charge on any atom is 0.237 e. The number of aromatic nitrogens is 2. The molecule has 0 unspecified atom stereocenters. The highest BCUT2D eigenvalue weighted by Crippen LogP contribution is 2.38. The molecule has 0 spiro atoms. The van der Waals surface area contributed by atoms with Gasteiger partial charge in [-0.3, -0.25) is 5.32 Å². The van der Waals surface area contributed by atoms with Crippen molar-refractivity contribution in [1.82, 2.24) is 9.97 Å². The monoisotopic (exact) mass is 309 g/mol. The number of nitrogens with zero attached hydrogens (tertiary/aromatic N) is 2. The fourth-order valence-corrected chi connectivity index (χ4v) is 4.28. The number of thiophene rings is 1. The molecule has 0 aromatic carbocycles. The summed E-state index contributed by atoms with van der Waals surface area (Å²) in [5.74, 6) is -0.325. The molecule has 2 aromatic rings. The molecule has 7 heteroatoms. The van der Waals surface area contributed by atoms with E-state index in [1.807, 2.05) is 6.26 Å². The van der Waals surface area contributed by atoms with E-state index >= 15 is 0 Å². The van der Waals surface area contributed by atoms with Crippen molar-refractivity contribution >= 4 is 45.1 Å². The second kappa shape index (κ2) is 5.67. The largest absolute Gasteiger partial charge is 0.544 e. The number of carbonyl (C=O) groups excluding carboxylic acids is 1. The van der Waals surface area contributed by atoms with E-state index in [9.17, 15) is 9.90 Å². The van der Waals surface area contributed by atoms with E-state index in [1.165, 1.54) is 35.0 Å². The molecule has 0 radical (unpaired) electrons. The number of hydrogen-bond acceptors (Lipinski definition) is 6. The zero-order valence-electron chi connectivity index (χ0n) is 11.1. The first-order valence-corrected chi connectivity index (χ1v) is 8.62. The number of aliphatic carboxylic acids is 1. The average molecular weight is 309 g/mol. The topological polar surface area (TPSA) is 82.5 Å². The van der Waals surface area contributed by atoms with Crippen LogP contribution < -0.4 is 10.4 Å². The van der Waals surface area contributed by atoms with Crippen LogP contribution in [0.15, 0.2) is 5.16 Å². The highest BCUT2D eigenvalue weighted by atomic mass is 32.2. The molecule has 0 saturated carbocycles. The lowest BCUT2D eigenvalue weighted by atomic mass is 9.97. The molecule has 1 aliphatic rings. The maximum atomic E-state index is 10.7. The van der Waals surface area contributed by atoms with Gasteiger partial charge in [0.1, 0.15) is 11.4 Å². The lowest BCUT2D eigenvalue weighted by Crippen LogP contribution is -2.81. The van der Waals surface area contributed by atoms with Crippen molar-refractivity contribution in [3.8, 4) is 0 Å². The molecule has 0 bridgehead atoms. The Bertz CT molecular complexity index is 669. The zero-order valence-corrected chi connectivity index (χ0v) is 12.8. The number of carboxylic acid groups (broad SMARTS) is 1. The van der Waals surface area contributed by atoms with Gasteiger partial charge in [-0.2, -0.15) is 4.98 Å². The summed E-state index contributed by atoms with van der Waals surface area (Å²) in [4.78, 5) is 22.1. The van der Waals surface area contributed by atoms with Crippen molar-refractivity contribution in [3.05, 3.63) is 10.4 Å². The number of fused-ring (bicyclic) bond motifs is 3. The van der Waals surface area contributed by atoms with Gasteiger partial charge in [0, 0.05) is 4.88 Å². The van der Waals surface area contributed by atoms with E-state index in [4.69, 9.17) is 0 Å². The molecule has 3 rings (SSSR count). The van der Waals surface area contributed by atoms with Crippen molar-refractivity contribution in [2.24, 2.45) is 0 Å². The van der Waals surface area contributed by atoms with Crippen molar-refractivity contribution in [1.29, 1.82) is 0 Å². The molecular formula is C13H15N3O2S2. The lowest BCUT2D eigenvalue weighted by molar-refractivity contribution is -0.571.